The molecule has 0 aliphatic carbocycles. The third kappa shape index (κ3) is 3.78. The number of aromatic nitrogens is 2. The Morgan fingerprint density at radius 3 is 2.53 bits per heavy atom. The van der Waals surface area contributed by atoms with Crippen LogP contribution in [0.25, 0.3) is 0 Å². The molecule has 0 aliphatic rings. The van der Waals surface area contributed by atoms with Gasteiger partial charge in [0.2, 0.25) is 5.13 Å². The summed E-state index contributed by atoms with van der Waals surface area (Å²) >= 11 is 2.93. The number of carbonyl (C=O) groups excluding carboxylic acids is 1. The molecule has 0 amide bonds. The van der Waals surface area contributed by atoms with Gasteiger partial charge in [-0.2, -0.15) is 0 Å². The Kier molecular flexibility index (Phi) is 4.55. The lowest BCUT2D eigenvalue weighted by Gasteiger charge is -2.03. The van der Waals surface area contributed by atoms with Crippen molar-refractivity contribution in [3.05, 3.63) is 35.4 Å². The highest BCUT2D eigenvalue weighted by molar-refractivity contribution is 8.01. The Morgan fingerprint density at radius 1 is 1.26 bits per heavy atom. The maximum absolute atomic E-state index is 12.0. The molecule has 0 spiro atoms. The third-order valence-electron chi connectivity index (χ3n) is 2.48. The van der Waals surface area contributed by atoms with Gasteiger partial charge in [-0.05, 0) is 6.92 Å². The third-order valence-corrected chi connectivity index (χ3v) is 4.70. The Balaban J connectivity index is 1.94. The Bertz CT molecular complexity index is 564. The zero-order valence-electron chi connectivity index (χ0n) is 11.1. The molecule has 0 bridgehead atoms. The van der Waals surface area contributed by atoms with E-state index in [4.69, 9.17) is 0 Å². The fourth-order valence-electron chi connectivity index (χ4n) is 1.39. The Morgan fingerprint density at radius 2 is 1.95 bits per heavy atom. The molecule has 100 valence electrons. The van der Waals surface area contributed by atoms with E-state index < -0.39 is 0 Å². The van der Waals surface area contributed by atoms with Crippen LogP contribution in [0, 0.1) is 6.92 Å². The monoisotopic (exact) mass is 293 g/mol. The molecule has 0 N–H and O–H groups in total. The van der Waals surface area contributed by atoms with Crippen molar-refractivity contribution in [1.29, 1.82) is 0 Å². The van der Waals surface area contributed by atoms with Gasteiger partial charge in [0, 0.05) is 19.7 Å². The molecule has 0 unspecified atom stereocenters. The van der Waals surface area contributed by atoms with E-state index >= 15 is 0 Å². The van der Waals surface area contributed by atoms with E-state index in [-0.39, 0.29) is 5.78 Å². The number of Topliss-reactive ketones (excluding diaryl/α,β-unsaturated/α-hetero) is 1. The molecular weight excluding hydrogens is 278 g/mol. The number of carbonyl (C=O) groups is 1. The first-order chi connectivity index (χ1) is 9.06. The number of nitrogens with zero attached hydrogens (tertiary/aromatic N) is 3. The summed E-state index contributed by atoms with van der Waals surface area (Å²) in [5.74, 6) is 0.511. The molecule has 1 aromatic carbocycles. The van der Waals surface area contributed by atoms with Gasteiger partial charge in [0.25, 0.3) is 0 Å². The predicted octanol–water partition coefficient (Wildman–Crippen LogP) is 2.89. The molecule has 2 rings (SSSR count). The van der Waals surface area contributed by atoms with Crippen molar-refractivity contribution in [2.75, 3.05) is 24.7 Å². The number of thioether (sulfide) groups is 1. The first-order valence-corrected chi connectivity index (χ1v) is 7.60. The summed E-state index contributed by atoms with van der Waals surface area (Å²) in [7, 11) is 3.85. The average Bonchev–Trinajstić information content (AvgIpc) is 2.86. The van der Waals surface area contributed by atoms with Crippen LogP contribution in [-0.4, -0.2) is 35.8 Å². The number of rotatable bonds is 5. The van der Waals surface area contributed by atoms with E-state index in [1.165, 1.54) is 23.1 Å². The average molecular weight is 293 g/mol. The van der Waals surface area contributed by atoms with E-state index in [0.717, 1.165) is 20.6 Å². The van der Waals surface area contributed by atoms with Crippen molar-refractivity contribution in [2.24, 2.45) is 0 Å². The SMILES string of the molecule is Cc1ccc(C(=O)CSc2nnc(N(C)C)s2)cc1. The van der Waals surface area contributed by atoms with Crippen LogP contribution in [0.1, 0.15) is 15.9 Å². The number of anilines is 1. The summed E-state index contributed by atoms with van der Waals surface area (Å²) < 4.78 is 0.823. The van der Waals surface area contributed by atoms with Gasteiger partial charge in [-0.3, -0.25) is 4.79 Å². The predicted molar refractivity (Wildman–Crippen MR) is 80.5 cm³/mol. The second-order valence-electron chi connectivity index (χ2n) is 4.32. The van der Waals surface area contributed by atoms with Crippen LogP contribution in [0.3, 0.4) is 0 Å². The lowest BCUT2D eigenvalue weighted by molar-refractivity contribution is 0.102. The number of hydrogen-bond acceptors (Lipinski definition) is 6. The summed E-state index contributed by atoms with van der Waals surface area (Å²) in [6, 6.07) is 7.63. The van der Waals surface area contributed by atoms with Crippen molar-refractivity contribution >= 4 is 34.0 Å². The summed E-state index contributed by atoms with van der Waals surface area (Å²) in [4.78, 5) is 13.9. The van der Waals surface area contributed by atoms with Crippen molar-refractivity contribution in [2.45, 2.75) is 11.3 Å². The van der Waals surface area contributed by atoms with Crippen LogP contribution in [0.4, 0.5) is 5.13 Å². The maximum Gasteiger partial charge on any atom is 0.208 e. The lowest BCUT2D eigenvalue weighted by Crippen LogP contribution is -2.07. The van der Waals surface area contributed by atoms with Gasteiger partial charge in [0.05, 0.1) is 5.75 Å². The first-order valence-electron chi connectivity index (χ1n) is 5.80. The van der Waals surface area contributed by atoms with Crippen LogP contribution < -0.4 is 4.90 Å². The smallest absolute Gasteiger partial charge is 0.208 e. The largest absolute Gasteiger partial charge is 0.353 e. The number of ketones is 1. The van der Waals surface area contributed by atoms with E-state index in [1.807, 2.05) is 50.2 Å². The second kappa shape index (κ2) is 6.16. The molecule has 2 aromatic rings. The van der Waals surface area contributed by atoms with Crippen molar-refractivity contribution in [1.82, 2.24) is 10.2 Å². The zero-order valence-corrected chi connectivity index (χ0v) is 12.7. The number of benzene rings is 1. The minimum atomic E-state index is 0.117. The van der Waals surface area contributed by atoms with Crippen LogP contribution in [0.15, 0.2) is 28.6 Å². The van der Waals surface area contributed by atoms with Crippen molar-refractivity contribution in [3.63, 3.8) is 0 Å². The molecule has 1 heterocycles. The van der Waals surface area contributed by atoms with E-state index in [0.29, 0.717) is 5.75 Å². The summed E-state index contributed by atoms with van der Waals surface area (Å²) in [5.41, 5.74) is 1.90. The van der Waals surface area contributed by atoms with Gasteiger partial charge >= 0.3 is 0 Å². The summed E-state index contributed by atoms with van der Waals surface area (Å²) in [6.45, 7) is 2.01. The highest BCUT2D eigenvalue weighted by Crippen LogP contribution is 2.27. The molecule has 0 aliphatic heterocycles. The van der Waals surface area contributed by atoms with Gasteiger partial charge in [-0.15, -0.1) is 10.2 Å². The van der Waals surface area contributed by atoms with Gasteiger partial charge in [0.15, 0.2) is 10.1 Å². The van der Waals surface area contributed by atoms with Crippen LogP contribution in [-0.2, 0) is 0 Å². The van der Waals surface area contributed by atoms with E-state index in [9.17, 15) is 4.79 Å². The normalized spacial score (nSPS) is 10.5. The molecule has 0 fully saturated rings. The minimum absolute atomic E-state index is 0.117. The van der Waals surface area contributed by atoms with Crippen LogP contribution >= 0.6 is 23.1 Å². The maximum atomic E-state index is 12.0. The van der Waals surface area contributed by atoms with Gasteiger partial charge < -0.3 is 4.90 Å². The highest BCUT2D eigenvalue weighted by Gasteiger charge is 2.10. The zero-order chi connectivity index (χ0) is 13.8. The van der Waals surface area contributed by atoms with Crippen molar-refractivity contribution < 1.29 is 4.79 Å². The lowest BCUT2D eigenvalue weighted by atomic mass is 10.1. The molecule has 0 saturated carbocycles. The fraction of sp³-hybridized carbons (Fsp3) is 0.308. The quantitative estimate of drug-likeness (QED) is 0.626. The van der Waals surface area contributed by atoms with Gasteiger partial charge in [-0.25, -0.2) is 0 Å². The van der Waals surface area contributed by atoms with Crippen molar-refractivity contribution in [3.8, 4) is 0 Å². The fourth-order valence-corrected chi connectivity index (χ4v) is 3.05. The molecule has 0 saturated heterocycles. The molecule has 19 heavy (non-hydrogen) atoms. The summed E-state index contributed by atoms with van der Waals surface area (Å²) in [6.07, 6.45) is 0. The minimum Gasteiger partial charge on any atom is -0.353 e. The number of hydrogen-bond donors (Lipinski definition) is 0. The molecule has 6 heteroatoms. The standard InChI is InChI=1S/C13H15N3OS2/c1-9-4-6-10(7-5-9)11(17)8-18-13-15-14-12(19-13)16(2)3/h4-7H,8H2,1-3H3. The van der Waals surface area contributed by atoms with Crippen LogP contribution in [0.2, 0.25) is 0 Å². The van der Waals surface area contributed by atoms with Gasteiger partial charge in [-0.1, -0.05) is 52.9 Å². The van der Waals surface area contributed by atoms with Crippen LogP contribution in [0.5, 0.6) is 0 Å². The molecule has 1 aromatic heterocycles. The molecule has 0 radical (unpaired) electrons. The Hall–Kier alpha value is -1.40. The second-order valence-corrected chi connectivity index (χ2v) is 6.50. The molecule has 4 nitrogen and oxygen atoms in total. The Labute approximate surface area is 120 Å². The molecular formula is C13H15N3OS2. The topological polar surface area (TPSA) is 46.1 Å². The first kappa shape index (κ1) is 14.0. The van der Waals surface area contributed by atoms with E-state index in [2.05, 4.69) is 10.2 Å². The summed E-state index contributed by atoms with van der Waals surface area (Å²) in [5, 5.41) is 8.95. The van der Waals surface area contributed by atoms with Gasteiger partial charge in [0.1, 0.15) is 0 Å². The van der Waals surface area contributed by atoms with E-state index in [1.54, 1.807) is 0 Å². The number of aryl methyl sites for hydroxylation is 1. The highest BCUT2D eigenvalue weighted by atomic mass is 32.2. The molecule has 0 atom stereocenters.